The van der Waals surface area contributed by atoms with Gasteiger partial charge in [-0.2, -0.15) is 0 Å². The molecule has 0 amide bonds. The van der Waals surface area contributed by atoms with Crippen molar-refractivity contribution in [1.82, 2.24) is 4.40 Å². The first-order chi connectivity index (χ1) is 6.86. The Kier molecular flexibility index (Phi) is 1.55. The number of hydrogen-bond donors (Lipinski definition) is 0. The maximum atomic E-state index is 6.16. The molecule has 2 heteroatoms. The summed E-state index contributed by atoms with van der Waals surface area (Å²) in [5.41, 5.74) is 2.25. The highest BCUT2D eigenvalue weighted by molar-refractivity contribution is 6.34. The van der Waals surface area contributed by atoms with Crippen molar-refractivity contribution in [1.29, 1.82) is 0 Å². The molecule has 0 saturated carbocycles. The monoisotopic (exact) mass is 201 g/mol. The van der Waals surface area contributed by atoms with Gasteiger partial charge in [-0.1, -0.05) is 29.8 Å². The number of nitrogens with zero attached hydrogens (tertiary/aromatic N) is 1. The van der Waals surface area contributed by atoms with Gasteiger partial charge in [-0.25, -0.2) is 0 Å². The zero-order valence-corrected chi connectivity index (χ0v) is 8.20. The Morgan fingerprint density at radius 2 is 1.71 bits per heavy atom. The first-order valence-electron chi connectivity index (χ1n) is 4.50. The van der Waals surface area contributed by atoms with Crippen LogP contribution in [0.1, 0.15) is 0 Å². The third-order valence-electron chi connectivity index (χ3n) is 2.47. The minimum atomic E-state index is 0.800. The lowest BCUT2D eigenvalue weighted by Crippen LogP contribution is -1.86. The number of hydrogen-bond acceptors (Lipinski definition) is 0. The number of halogens is 1. The van der Waals surface area contributed by atoms with Crippen molar-refractivity contribution >= 4 is 28.0 Å². The lowest BCUT2D eigenvalue weighted by atomic mass is 10.2. The molecule has 0 aliphatic rings. The third-order valence-corrected chi connectivity index (χ3v) is 2.77. The van der Waals surface area contributed by atoms with Crippen LogP contribution in [-0.2, 0) is 0 Å². The Morgan fingerprint density at radius 3 is 2.64 bits per heavy atom. The summed E-state index contributed by atoms with van der Waals surface area (Å²) >= 11 is 6.16. The summed E-state index contributed by atoms with van der Waals surface area (Å²) < 4.78 is 2.11. The van der Waals surface area contributed by atoms with Gasteiger partial charge in [-0.05, 0) is 24.3 Å². The van der Waals surface area contributed by atoms with Crippen LogP contribution in [0, 0.1) is 0 Å². The molecule has 0 saturated heterocycles. The van der Waals surface area contributed by atoms with Crippen molar-refractivity contribution in [2.45, 2.75) is 0 Å². The number of fused-ring (bicyclic) bond motifs is 3. The number of benzene rings is 1. The van der Waals surface area contributed by atoms with Gasteiger partial charge in [0.2, 0.25) is 0 Å². The fourth-order valence-corrected chi connectivity index (χ4v) is 2.10. The maximum absolute atomic E-state index is 6.16. The van der Waals surface area contributed by atoms with E-state index < -0.39 is 0 Å². The van der Waals surface area contributed by atoms with Gasteiger partial charge >= 0.3 is 0 Å². The van der Waals surface area contributed by atoms with Gasteiger partial charge in [0.05, 0.1) is 16.1 Å². The van der Waals surface area contributed by atoms with Crippen LogP contribution in [-0.4, -0.2) is 4.40 Å². The minimum absolute atomic E-state index is 0.800. The SMILES string of the molecule is Clc1cc2ccccc2n2cccc12. The first kappa shape index (κ1) is 7.89. The minimum Gasteiger partial charge on any atom is -0.315 e. The summed E-state index contributed by atoms with van der Waals surface area (Å²) in [6.07, 6.45) is 2.03. The first-order valence-corrected chi connectivity index (χ1v) is 4.88. The molecule has 0 radical (unpaired) electrons. The van der Waals surface area contributed by atoms with E-state index in [1.54, 1.807) is 0 Å². The predicted molar refractivity (Wildman–Crippen MR) is 59.9 cm³/mol. The number of pyridine rings is 1. The van der Waals surface area contributed by atoms with E-state index in [1.807, 2.05) is 36.5 Å². The van der Waals surface area contributed by atoms with Gasteiger partial charge in [0.15, 0.2) is 0 Å². The number of aromatic nitrogens is 1. The Morgan fingerprint density at radius 1 is 0.929 bits per heavy atom. The van der Waals surface area contributed by atoms with Crippen LogP contribution in [0.5, 0.6) is 0 Å². The molecule has 0 aliphatic carbocycles. The molecule has 14 heavy (non-hydrogen) atoms. The standard InChI is InChI=1S/C12H8ClN/c13-10-8-9-4-1-2-5-11(9)14-7-3-6-12(10)14/h1-8H. The van der Waals surface area contributed by atoms with Gasteiger partial charge < -0.3 is 4.40 Å². The molecular formula is C12H8ClN. The Balaban J connectivity index is 2.66. The number of rotatable bonds is 0. The molecule has 0 N–H and O–H groups in total. The number of para-hydroxylation sites is 1. The second-order valence-electron chi connectivity index (χ2n) is 3.31. The van der Waals surface area contributed by atoms with E-state index in [0.717, 1.165) is 10.5 Å². The molecule has 68 valence electrons. The molecule has 0 fully saturated rings. The normalized spacial score (nSPS) is 11.2. The van der Waals surface area contributed by atoms with Crippen LogP contribution in [0.3, 0.4) is 0 Å². The van der Waals surface area contributed by atoms with Crippen molar-refractivity contribution < 1.29 is 0 Å². The van der Waals surface area contributed by atoms with E-state index in [1.165, 1.54) is 10.9 Å². The summed E-state index contributed by atoms with van der Waals surface area (Å²) in [4.78, 5) is 0. The van der Waals surface area contributed by atoms with E-state index in [2.05, 4.69) is 16.5 Å². The second-order valence-corrected chi connectivity index (χ2v) is 3.72. The van der Waals surface area contributed by atoms with Crippen LogP contribution in [0.15, 0.2) is 48.7 Å². The van der Waals surface area contributed by atoms with E-state index in [9.17, 15) is 0 Å². The molecule has 0 spiro atoms. The molecule has 2 aromatic heterocycles. The van der Waals surface area contributed by atoms with Gasteiger partial charge in [-0.3, -0.25) is 0 Å². The summed E-state index contributed by atoms with van der Waals surface area (Å²) in [5, 5.41) is 1.97. The average molecular weight is 202 g/mol. The molecule has 0 bridgehead atoms. The summed E-state index contributed by atoms with van der Waals surface area (Å²) in [7, 11) is 0. The zero-order chi connectivity index (χ0) is 9.54. The summed E-state index contributed by atoms with van der Waals surface area (Å²) in [6, 6.07) is 14.3. The van der Waals surface area contributed by atoms with Gasteiger partial charge in [0, 0.05) is 11.6 Å². The molecule has 0 unspecified atom stereocenters. The summed E-state index contributed by atoms with van der Waals surface area (Å²) in [5.74, 6) is 0. The van der Waals surface area contributed by atoms with E-state index in [0.29, 0.717) is 0 Å². The molecule has 1 nitrogen and oxygen atoms in total. The largest absolute Gasteiger partial charge is 0.315 e. The van der Waals surface area contributed by atoms with Crippen molar-refractivity contribution in [3.8, 4) is 0 Å². The molecule has 3 aromatic rings. The van der Waals surface area contributed by atoms with Crippen LogP contribution < -0.4 is 0 Å². The van der Waals surface area contributed by atoms with Crippen LogP contribution >= 0.6 is 11.6 Å². The quantitative estimate of drug-likeness (QED) is 0.522. The molecule has 2 heterocycles. The average Bonchev–Trinajstić information content (AvgIpc) is 2.67. The lowest BCUT2D eigenvalue weighted by molar-refractivity contribution is 1.27. The van der Waals surface area contributed by atoms with Gasteiger partial charge in [-0.15, -0.1) is 0 Å². The smallest absolute Gasteiger partial charge is 0.0653 e. The topological polar surface area (TPSA) is 4.41 Å². The van der Waals surface area contributed by atoms with E-state index >= 15 is 0 Å². The van der Waals surface area contributed by atoms with Crippen molar-refractivity contribution in [2.24, 2.45) is 0 Å². The Labute approximate surface area is 86.5 Å². The summed E-state index contributed by atoms with van der Waals surface area (Å²) in [6.45, 7) is 0. The van der Waals surface area contributed by atoms with E-state index in [-0.39, 0.29) is 0 Å². The molecule has 0 aliphatic heterocycles. The Bertz CT molecular complexity index is 610. The fraction of sp³-hybridized carbons (Fsp3) is 0. The highest BCUT2D eigenvalue weighted by atomic mass is 35.5. The van der Waals surface area contributed by atoms with Gasteiger partial charge in [0.1, 0.15) is 0 Å². The predicted octanol–water partition coefficient (Wildman–Crippen LogP) is 3.75. The van der Waals surface area contributed by atoms with Gasteiger partial charge in [0.25, 0.3) is 0 Å². The van der Waals surface area contributed by atoms with Crippen molar-refractivity contribution in [3.05, 3.63) is 53.7 Å². The molecule has 3 rings (SSSR count). The molecule has 0 atom stereocenters. The third kappa shape index (κ3) is 0.962. The fourth-order valence-electron chi connectivity index (χ4n) is 1.83. The van der Waals surface area contributed by atoms with Crippen molar-refractivity contribution in [3.63, 3.8) is 0 Å². The van der Waals surface area contributed by atoms with Crippen LogP contribution in [0.4, 0.5) is 0 Å². The Hall–Kier alpha value is -1.47. The molecule has 1 aromatic carbocycles. The molecular weight excluding hydrogens is 194 g/mol. The van der Waals surface area contributed by atoms with Crippen molar-refractivity contribution in [2.75, 3.05) is 0 Å². The highest BCUT2D eigenvalue weighted by Crippen LogP contribution is 2.24. The zero-order valence-electron chi connectivity index (χ0n) is 7.44. The maximum Gasteiger partial charge on any atom is 0.0653 e. The highest BCUT2D eigenvalue weighted by Gasteiger charge is 2.02. The van der Waals surface area contributed by atoms with Crippen LogP contribution in [0.25, 0.3) is 16.4 Å². The second kappa shape index (κ2) is 2.76. The van der Waals surface area contributed by atoms with Crippen LogP contribution in [0.2, 0.25) is 5.02 Å². The van der Waals surface area contributed by atoms with E-state index in [4.69, 9.17) is 11.6 Å². The lowest BCUT2D eigenvalue weighted by Gasteiger charge is -2.03.